The molecule has 3 heteroatoms. The first-order valence-corrected chi connectivity index (χ1v) is 5.60. The first-order valence-electron chi connectivity index (χ1n) is 3.39. The highest BCUT2D eigenvalue weighted by atomic mass is 32.2. The van der Waals surface area contributed by atoms with Crippen LogP contribution in [-0.2, 0) is 20.4 Å². The highest BCUT2D eigenvalue weighted by molar-refractivity contribution is 7.95. The molecule has 0 N–H and O–H groups in total. The van der Waals surface area contributed by atoms with Gasteiger partial charge in [-0.15, -0.1) is 0 Å². The summed E-state index contributed by atoms with van der Waals surface area (Å²) in [5, 5.41) is 0. The van der Waals surface area contributed by atoms with E-state index in [0.717, 1.165) is 12.4 Å². The maximum Gasteiger partial charge on any atom is 0.202 e. The van der Waals surface area contributed by atoms with Gasteiger partial charge in [0.15, 0.2) is 5.75 Å². The SMILES string of the molecule is CCOC(C[S+](C)C)OC. The minimum Gasteiger partial charge on any atom is -0.352 e. The highest BCUT2D eigenvalue weighted by Crippen LogP contribution is 1.97. The lowest BCUT2D eigenvalue weighted by Gasteiger charge is -2.11. The van der Waals surface area contributed by atoms with Crippen molar-refractivity contribution in [3.05, 3.63) is 0 Å². The molecule has 0 aliphatic heterocycles. The Balaban J connectivity index is 3.39. The fraction of sp³-hybridized carbons (Fsp3) is 1.00. The van der Waals surface area contributed by atoms with Crippen LogP contribution in [0.3, 0.4) is 0 Å². The van der Waals surface area contributed by atoms with E-state index in [-0.39, 0.29) is 6.29 Å². The van der Waals surface area contributed by atoms with Crippen molar-refractivity contribution >= 4 is 10.9 Å². The zero-order chi connectivity index (χ0) is 7.98. The van der Waals surface area contributed by atoms with Crippen molar-refractivity contribution in [3.63, 3.8) is 0 Å². The van der Waals surface area contributed by atoms with Gasteiger partial charge in [-0.25, -0.2) is 0 Å². The molecule has 0 fully saturated rings. The zero-order valence-electron chi connectivity index (χ0n) is 7.22. The molecule has 10 heavy (non-hydrogen) atoms. The molecular formula is C7H17O2S+. The van der Waals surface area contributed by atoms with Crippen molar-refractivity contribution in [2.45, 2.75) is 13.2 Å². The maximum absolute atomic E-state index is 5.29. The molecule has 1 atom stereocenters. The van der Waals surface area contributed by atoms with Gasteiger partial charge in [0.25, 0.3) is 0 Å². The molecule has 2 nitrogen and oxygen atoms in total. The first-order chi connectivity index (χ1) is 4.70. The second kappa shape index (κ2) is 6.01. The summed E-state index contributed by atoms with van der Waals surface area (Å²) in [7, 11) is 2.09. The van der Waals surface area contributed by atoms with Crippen LogP contribution in [0, 0.1) is 0 Å². The third-order valence-electron chi connectivity index (χ3n) is 1.08. The first kappa shape index (κ1) is 10.3. The second-order valence-electron chi connectivity index (χ2n) is 2.27. The summed E-state index contributed by atoms with van der Waals surface area (Å²) in [6.07, 6.45) is 4.37. The Bertz CT molecular complexity index is 76.0. The van der Waals surface area contributed by atoms with Gasteiger partial charge in [0.2, 0.25) is 6.29 Å². The number of methoxy groups -OCH3 is 1. The number of hydrogen-bond donors (Lipinski definition) is 0. The topological polar surface area (TPSA) is 18.5 Å². The van der Waals surface area contributed by atoms with Crippen LogP contribution in [0.15, 0.2) is 0 Å². The molecule has 0 heterocycles. The Labute approximate surface area is 66.2 Å². The van der Waals surface area contributed by atoms with Crippen LogP contribution < -0.4 is 0 Å². The Morgan fingerprint density at radius 3 is 2.30 bits per heavy atom. The Morgan fingerprint density at radius 1 is 1.40 bits per heavy atom. The van der Waals surface area contributed by atoms with Crippen LogP contribution in [0.4, 0.5) is 0 Å². The summed E-state index contributed by atoms with van der Waals surface area (Å²) in [6.45, 7) is 2.71. The van der Waals surface area contributed by atoms with Crippen molar-refractivity contribution in [1.29, 1.82) is 0 Å². The number of rotatable bonds is 5. The average molecular weight is 165 g/mol. The van der Waals surface area contributed by atoms with Gasteiger partial charge < -0.3 is 9.47 Å². The fourth-order valence-electron chi connectivity index (χ4n) is 0.642. The molecule has 0 aromatic rings. The van der Waals surface area contributed by atoms with Crippen molar-refractivity contribution in [3.8, 4) is 0 Å². The molecule has 0 amide bonds. The summed E-state index contributed by atoms with van der Waals surface area (Å²) in [5.41, 5.74) is 0. The molecular weight excluding hydrogens is 148 g/mol. The van der Waals surface area contributed by atoms with Gasteiger partial charge in [-0.2, -0.15) is 0 Å². The summed E-state index contributed by atoms with van der Waals surface area (Å²) in [4.78, 5) is 0. The van der Waals surface area contributed by atoms with Gasteiger partial charge in [0, 0.05) is 13.7 Å². The summed E-state index contributed by atoms with van der Waals surface area (Å²) in [5.74, 6) is 1.00. The average Bonchev–Trinajstić information content (AvgIpc) is 1.86. The van der Waals surface area contributed by atoms with Crippen molar-refractivity contribution in [1.82, 2.24) is 0 Å². The lowest BCUT2D eigenvalue weighted by Crippen LogP contribution is -2.24. The molecule has 0 aliphatic carbocycles. The van der Waals surface area contributed by atoms with E-state index < -0.39 is 0 Å². The maximum atomic E-state index is 5.29. The normalized spacial score (nSPS) is 14.1. The number of ether oxygens (including phenoxy) is 2. The lowest BCUT2D eigenvalue weighted by atomic mass is 10.7. The predicted molar refractivity (Wildman–Crippen MR) is 46.5 cm³/mol. The Hall–Kier alpha value is 0.270. The van der Waals surface area contributed by atoms with Crippen LogP contribution >= 0.6 is 0 Å². The van der Waals surface area contributed by atoms with E-state index in [1.54, 1.807) is 7.11 Å². The van der Waals surface area contributed by atoms with E-state index in [4.69, 9.17) is 9.47 Å². The third kappa shape index (κ3) is 5.09. The second-order valence-corrected chi connectivity index (χ2v) is 4.58. The van der Waals surface area contributed by atoms with E-state index in [1.165, 1.54) is 0 Å². The van der Waals surface area contributed by atoms with Gasteiger partial charge in [-0.3, -0.25) is 0 Å². The Kier molecular flexibility index (Phi) is 6.17. The quantitative estimate of drug-likeness (QED) is 0.444. The lowest BCUT2D eigenvalue weighted by molar-refractivity contribution is -0.103. The molecule has 0 saturated heterocycles. The van der Waals surface area contributed by atoms with Gasteiger partial charge in [0.1, 0.15) is 0 Å². The van der Waals surface area contributed by atoms with Crippen LogP contribution in [0.2, 0.25) is 0 Å². The molecule has 0 aromatic heterocycles. The molecule has 0 aromatic carbocycles. The molecule has 0 radical (unpaired) electrons. The summed E-state index contributed by atoms with van der Waals surface area (Å²) >= 11 is 0. The van der Waals surface area contributed by atoms with Gasteiger partial charge in [-0.1, -0.05) is 0 Å². The zero-order valence-corrected chi connectivity index (χ0v) is 8.03. The van der Waals surface area contributed by atoms with Gasteiger partial charge in [-0.05, 0) is 17.8 Å². The molecule has 0 aliphatic rings. The molecule has 1 unspecified atom stereocenters. The fourth-order valence-corrected chi connectivity index (χ4v) is 1.42. The summed E-state index contributed by atoms with van der Waals surface area (Å²) in [6, 6.07) is 0. The summed E-state index contributed by atoms with van der Waals surface area (Å²) < 4.78 is 10.4. The minimum atomic E-state index is 0.00309. The van der Waals surface area contributed by atoms with Crippen LogP contribution in [0.1, 0.15) is 6.92 Å². The molecule has 0 bridgehead atoms. The number of hydrogen-bond acceptors (Lipinski definition) is 2. The van der Waals surface area contributed by atoms with Crippen LogP contribution in [0.5, 0.6) is 0 Å². The smallest absolute Gasteiger partial charge is 0.202 e. The van der Waals surface area contributed by atoms with E-state index in [9.17, 15) is 0 Å². The standard InChI is InChI=1S/C7H17O2S/c1-5-9-7(8-2)6-10(3)4/h7H,5-6H2,1-4H3/q+1. The van der Waals surface area contributed by atoms with E-state index in [1.807, 2.05) is 6.92 Å². The highest BCUT2D eigenvalue weighted by Gasteiger charge is 2.14. The van der Waals surface area contributed by atoms with E-state index in [2.05, 4.69) is 12.5 Å². The van der Waals surface area contributed by atoms with Crippen molar-refractivity contribution in [2.75, 3.05) is 32.0 Å². The van der Waals surface area contributed by atoms with Crippen LogP contribution in [-0.4, -0.2) is 38.3 Å². The predicted octanol–water partition coefficient (Wildman–Crippen LogP) is 0.873. The molecule has 62 valence electrons. The monoisotopic (exact) mass is 165 g/mol. The molecule has 0 rings (SSSR count). The molecule has 0 saturated carbocycles. The van der Waals surface area contributed by atoms with E-state index in [0.29, 0.717) is 10.9 Å². The largest absolute Gasteiger partial charge is 0.352 e. The van der Waals surface area contributed by atoms with Crippen LogP contribution in [0.25, 0.3) is 0 Å². The van der Waals surface area contributed by atoms with E-state index >= 15 is 0 Å². The van der Waals surface area contributed by atoms with Crippen molar-refractivity contribution < 1.29 is 9.47 Å². The van der Waals surface area contributed by atoms with Gasteiger partial charge in [0.05, 0.1) is 12.5 Å². The Morgan fingerprint density at radius 2 is 2.00 bits per heavy atom. The third-order valence-corrected chi connectivity index (χ3v) is 2.02. The molecule has 0 spiro atoms. The van der Waals surface area contributed by atoms with Crippen molar-refractivity contribution in [2.24, 2.45) is 0 Å². The van der Waals surface area contributed by atoms with Gasteiger partial charge >= 0.3 is 0 Å². The minimum absolute atomic E-state index is 0.00309.